The van der Waals surface area contributed by atoms with Gasteiger partial charge in [0.2, 0.25) is 11.8 Å². The third-order valence-electron chi connectivity index (χ3n) is 5.54. The Hall–Kier alpha value is -2.62. The zero-order valence-electron chi connectivity index (χ0n) is 20.8. The van der Waals surface area contributed by atoms with Crippen molar-refractivity contribution in [2.45, 2.75) is 45.7 Å². The number of anilines is 1. The maximum absolute atomic E-state index is 13.7. The van der Waals surface area contributed by atoms with Crippen molar-refractivity contribution in [2.24, 2.45) is 0 Å². The third kappa shape index (κ3) is 7.95. The highest BCUT2D eigenvalue weighted by atomic mass is 35.5. The number of benzene rings is 2. The van der Waals surface area contributed by atoms with E-state index in [-0.39, 0.29) is 12.5 Å². The molecule has 35 heavy (non-hydrogen) atoms. The van der Waals surface area contributed by atoms with Crippen LogP contribution in [-0.4, -0.2) is 62.7 Å². The summed E-state index contributed by atoms with van der Waals surface area (Å²) >= 11 is 6.02. The molecule has 8 nitrogen and oxygen atoms in total. The maximum Gasteiger partial charge on any atom is 0.304 e. The standard InChI is InChI=1S/C25H35ClN4O4S/c1-5-7-17-27-25(32)23(6-2)29(18-20-13-15-21(26)16-14-20)24(31)19-30(35(33,34)28(3)4)22-11-9-8-10-12-22/h8-16,23H,5-7,17-19H2,1-4H3,(H,27,32)/t23-/m0/s1. The van der Waals surface area contributed by atoms with Gasteiger partial charge in [-0.3, -0.25) is 9.59 Å². The average Bonchev–Trinajstić information content (AvgIpc) is 2.84. The molecule has 0 radical (unpaired) electrons. The van der Waals surface area contributed by atoms with Gasteiger partial charge in [-0.15, -0.1) is 0 Å². The molecule has 2 rings (SSSR count). The lowest BCUT2D eigenvalue weighted by Gasteiger charge is -2.34. The summed E-state index contributed by atoms with van der Waals surface area (Å²) in [4.78, 5) is 28.2. The van der Waals surface area contributed by atoms with Crippen LogP contribution in [0.5, 0.6) is 0 Å². The van der Waals surface area contributed by atoms with Gasteiger partial charge >= 0.3 is 10.2 Å². The summed E-state index contributed by atoms with van der Waals surface area (Å²) in [5.74, 6) is -0.739. The lowest BCUT2D eigenvalue weighted by Crippen LogP contribution is -2.53. The fourth-order valence-corrected chi connectivity index (χ4v) is 4.71. The smallest absolute Gasteiger partial charge is 0.304 e. The second kappa shape index (κ2) is 13.5. The highest BCUT2D eigenvalue weighted by Crippen LogP contribution is 2.21. The minimum Gasteiger partial charge on any atom is -0.354 e. The first-order chi connectivity index (χ1) is 16.6. The molecule has 192 valence electrons. The summed E-state index contributed by atoms with van der Waals surface area (Å²) in [6.07, 6.45) is 2.14. The summed E-state index contributed by atoms with van der Waals surface area (Å²) in [5.41, 5.74) is 1.14. The normalized spacial score (nSPS) is 12.3. The summed E-state index contributed by atoms with van der Waals surface area (Å²) < 4.78 is 28.4. The van der Waals surface area contributed by atoms with Crippen molar-refractivity contribution in [2.75, 3.05) is 31.5 Å². The van der Waals surface area contributed by atoms with Crippen LogP contribution in [0.2, 0.25) is 5.02 Å². The first-order valence-electron chi connectivity index (χ1n) is 11.7. The van der Waals surface area contributed by atoms with Crippen molar-refractivity contribution >= 4 is 39.3 Å². The highest BCUT2D eigenvalue weighted by molar-refractivity contribution is 7.90. The molecule has 1 atom stereocenters. The van der Waals surface area contributed by atoms with Gasteiger partial charge in [0.1, 0.15) is 12.6 Å². The van der Waals surface area contributed by atoms with Crippen molar-refractivity contribution < 1.29 is 18.0 Å². The van der Waals surface area contributed by atoms with Crippen molar-refractivity contribution in [1.29, 1.82) is 0 Å². The number of nitrogens with one attached hydrogen (secondary N) is 1. The van der Waals surface area contributed by atoms with E-state index >= 15 is 0 Å². The van der Waals surface area contributed by atoms with E-state index in [0.29, 0.717) is 23.7 Å². The van der Waals surface area contributed by atoms with E-state index in [1.54, 1.807) is 54.6 Å². The molecule has 0 aliphatic heterocycles. The number of rotatable bonds is 13. The van der Waals surface area contributed by atoms with Crippen molar-refractivity contribution in [1.82, 2.24) is 14.5 Å². The van der Waals surface area contributed by atoms with Gasteiger partial charge in [0.25, 0.3) is 0 Å². The second-order valence-corrected chi connectivity index (χ2v) is 10.9. The average molecular weight is 523 g/mol. The first kappa shape index (κ1) is 28.6. The Balaban J connectivity index is 2.42. The fourth-order valence-electron chi connectivity index (χ4n) is 3.52. The van der Waals surface area contributed by atoms with Gasteiger partial charge in [0, 0.05) is 32.2 Å². The molecule has 2 aromatic carbocycles. The van der Waals surface area contributed by atoms with Crippen LogP contribution in [0.3, 0.4) is 0 Å². The molecule has 2 amide bonds. The van der Waals surface area contributed by atoms with Crippen molar-refractivity contribution in [3.05, 3.63) is 65.2 Å². The van der Waals surface area contributed by atoms with Crippen LogP contribution in [0.15, 0.2) is 54.6 Å². The molecule has 0 aliphatic rings. The SMILES string of the molecule is CCCCNC(=O)[C@H](CC)N(Cc1ccc(Cl)cc1)C(=O)CN(c1ccccc1)S(=O)(=O)N(C)C. The minimum absolute atomic E-state index is 0.139. The van der Waals surface area contributed by atoms with Crippen molar-refractivity contribution in [3.63, 3.8) is 0 Å². The molecule has 0 saturated heterocycles. The molecule has 0 fully saturated rings. The van der Waals surface area contributed by atoms with E-state index in [1.165, 1.54) is 19.0 Å². The molecular formula is C25H35ClN4O4S. The van der Waals surface area contributed by atoms with E-state index in [0.717, 1.165) is 27.0 Å². The lowest BCUT2D eigenvalue weighted by atomic mass is 10.1. The zero-order chi connectivity index (χ0) is 26.0. The zero-order valence-corrected chi connectivity index (χ0v) is 22.3. The molecule has 10 heteroatoms. The predicted octanol–water partition coefficient (Wildman–Crippen LogP) is 3.68. The largest absolute Gasteiger partial charge is 0.354 e. The van der Waals surface area contributed by atoms with E-state index in [1.807, 2.05) is 13.8 Å². The molecule has 0 bridgehead atoms. The van der Waals surface area contributed by atoms with Crippen LogP contribution in [0.1, 0.15) is 38.7 Å². The number of para-hydroxylation sites is 1. The fraction of sp³-hybridized carbons (Fsp3) is 0.440. The lowest BCUT2D eigenvalue weighted by molar-refractivity contribution is -0.140. The number of amides is 2. The van der Waals surface area contributed by atoms with Gasteiger partial charge < -0.3 is 10.2 Å². The number of hydrogen-bond donors (Lipinski definition) is 1. The molecule has 0 aromatic heterocycles. The van der Waals surface area contributed by atoms with E-state index < -0.39 is 28.7 Å². The monoisotopic (exact) mass is 522 g/mol. The number of hydrogen-bond acceptors (Lipinski definition) is 4. The van der Waals surface area contributed by atoms with Gasteiger partial charge in [0.15, 0.2) is 0 Å². The van der Waals surface area contributed by atoms with Gasteiger partial charge in [-0.25, -0.2) is 4.31 Å². The Kier molecular flexibility index (Phi) is 11.0. The molecule has 0 aliphatic carbocycles. The Bertz CT molecular complexity index is 1060. The number of nitrogens with zero attached hydrogens (tertiary/aromatic N) is 3. The van der Waals surface area contributed by atoms with Gasteiger partial charge in [0.05, 0.1) is 5.69 Å². The Labute approximate surface area is 214 Å². The van der Waals surface area contributed by atoms with Crippen molar-refractivity contribution in [3.8, 4) is 0 Å². The Morgan fingerprint density at radius 1 is 1.00 bits per heavy atom. The van der Waals surface area contributed by atoms with Crippen LogP contribution in [0.25, 0.3) is 0 Å². The number of carbonyl (C=O) groups excluding carboxylic acids is 2. The van der Waals surface area contributed by atoms with Crippen LogP contribution in [-0.2, 0) is 26.3 Å². The maximum atomic E-state index is 13.7. The number of halogens is 1. The minimum atomic E-state index is -3.97. The van der Waals surface area contributed by atoms with Gasteiger partial charge in [-0.05, 0) is 42.7 Å². The summed E-state index contributed by atoms with van der Waals surface area (Å²) in [6.45, 7) is 4.07. The van der Waals surface area contributed by atoms with Crippen LogP contribution in [0, 0.1) is 0 Å². The number of unbranched alkanes of at least 4 members (excludes halogenated alkanes) is 1. The molecule has 1 N–H and O–H groups in total. The summed E-state index contributed by atoms with van der Waals surface area (Å²) in [6, 6.07) is 14.7. The van der Waals surface area contributed by atoms with Crippen LogP contribution >= 0.6 is 11.6 Å². The Morgan fingerprint density at radius 3 is 2.17 bits per heavy atom. The molecule has 0 spiro atoms. The molecule has 0 saturated carbocycles. The first-order valence-corrected chi connectivity index (χ1v) is 13.5. The molecule has 2 aromatic rings. The summed E-state index contributed by atoms with van der Waals surface area (Å²) in [7, 11) is -1.14. The topological polar surface area (TPSA) is 90.0 Å². The molecule has 0 unspecified atom stereocenters. The van der Waals surface area contributed by atoms with E-state index in [9.17, 15) is 18.0 Å². The third-order valence-corrected chi connectivity index (χ3v) is 7.62. The van der Waals surface area contributed by atoms with Crippen LogP contribution in [0.4, 0.5) is 5.69 Å². The summed E-state index contributed by atoms with van der Waals surface area (Å²) in [5, 5.41) is 3.46. The molecule has 0 heterocycles. The number of carbonyl (C=O) groups is 2. The van der Waals surface area contributed by atoms with Gasteiger partial charge in [-0.1, -0.05) is 62.2 Å². The Morgan fingerprint density at radius 2 is 1.63 bits per heavy atom. The highest BCUT2D eigenvalue weighted by Gasteiger charge is 2.33. The predicted molar refractivity (Wildman–Crippen MR) is 140 cm³/mol. The van der Waals surface area contributed by atoms with Gasteiger partial charge in [-0.2, -0.15) is 12.7 Å². The van der Waals surface area contributed by atoms with E-state index in [2.05, 4.69) is 5.32 Å². The van der Waals surface area contributed by atoms with E-state index in [4.69, 9.17) is 11.6 Å². The quantitative estimate of drug-likeness (QED) is 0.406. The second-order valence-electron chi connectivity index (χ2n) is 8.35. The molecular weight excluding hydrogens is 488 g/mol. The van der Waals surface area contributed by atoms with Crippen LogP contribution < -0.4 is 9.62 Å².